The number of thioether (sulfide) groups is 1. The van der Waals surface area contributed by atoms with Crippen LogP contribution in [0.25, 0.3) is 0 Å². The summed E-state index contributed by atoms with van der Waals surface area (Å²) in [6.45, 7) is 11.5. The Bertz CT molecular complexity index is 784. The smallest absolute Gasteiger partial charge is 0.232 e. The predicted molar refractivity (Wildman–Crippen MR) is 125 cm³/mol. The van der Waals surface area contributed by atoms with E-state index in [9.17, 15) is 0 Å². The molecule has 2 aromatic rings. The third-order valence-electron chi connectivity index (χ3n) is 4.70. The molecule has 0 saturated carbocycles. The highest BCUT2D eigenvalue weighted by Crippen LogP contribution is 2.40. The average Bonchev–Trinajstić information content (AvgIpc) is 2.64. The topological polar surface area (TPSA) is 32.3 Å². The summed E-state index contributed by atoms with van der Waals surface area (Å²) in [5.74, 6) is 4.57. The quantitative estimate of drug-likeness (QED) is 0.479. The van der Waals surface area contributed by atoms with Crippen molar-refractivity contribution in [2.24, 2.45) is 0 Å². The second-order valence-electron chi connectivity index (χ2n) is 7.00. The van der Waals surface area contributed by atoms with Crippen molar-refractivity contribution in [2.75, 3.05) is 40.9 Å². The summed E-state index contributed by atoms with van der Waals surface area (Å²) in [5, 5.41) is 0. The molecule has 0 aliphatic carbocycles. The van der Waals surface area contributed by atoms with Crippen LogP contribution in [0.4, 0.5) is 17.5 Å². The lowest BCUT2D eigenvalue weighted by Crippen LogP contribution is -2.33. The minimum Gasteiger partial charge on any atom is -0.355 e. The largest absolute Gasteiger partial charge is 0.355 e. The SMILES string of the molecule is CCN(c1nc(C)cc(N2CCSCC2)n1)c1c(Br)cc(C(C)C)cc1Br. The molecule has 2 heterocycles. The third kappa shape index (κ3) is 4.80. The van der Waals surface area contributed by atoms with Crippen LogP contribution in [0.2, 0.25) is 0 Å². The van der Waals surface area contributed by atoms with E-state index < -0.39 is 0 Å². The van der Waals surface area contributed by atoms with Crippen LogP contribution in [0.1, 0.15) is 37.9 Å². The van der Waals surface area contributed by atoms with Crippen molar-refractivity contribution >= 4 is 61.1 Å². The molecule has 1 fully saturated rings. The molecule has 0 N–H and O–H groups in total. The van der Waals surface area contributed by atoms with Gasteiger partial charge in [0.25, 0.3) is 0 Å². The van der Waals surface area contributed by atoms with Crippen LogP contribution in [-0.2, 0) is 0 Å². The minimum absolute atomic E-state index is 0.473. The number of nitrogens with zero attached hydrogens (tertiary/aromatic N) is 4. The first kappa shape index (κ1) is 20.9. The monoisotopic (exact) mass is 512 g/mol. The Kier molecular flexibility index (Phi) is 7.08. The van der Waals surface area contributed by atoms with E-state index in [0.29, 0.717) is 5.92 Å². The van der Waals surface area contributed by atoms with Gasteiger partial charge in [0.2, 0.25) is 5.95 Å². The molecule has 1 aliphatic rings. The number of halogens is 2. The number of aryl methyl sites for hydroxylation is 1. The van der Waals surface area contributed by atoms with Gasteiger partial charge in [0, 0.05) is 51.8 Å². The molecular formula is C20H26Br2N4S. The van der Waals surface area contributed by atoms with Crippen molar-refractivity contribution in [3.8, 4) is 0 Å². The number of benzene rings is 1. The molecule has 1 aliphatic heterocycles. The number of aromatic nitrogens is 2. The fourth-order valence-electron chi connectivity index (χ4n) is 3.19. The van der Waals surface area contributed by atoms with Crippen molar-refractivity contribution in [1.29, 1.82) is 0 Å². The predicted octanol–water partition coefficient (Wildman–Crippen LogP) is 6.14. The van der Waals surface area contributed by atoms with Gasteiger partial charge in [0.05, 0.1) is 5.69 Å². The lowest BCUT2D eigenvalue weighted by molar-refractivity contribution is 0.823. The zero-order valence-corrected chi connectivity index (χ0v) is 20.3. The van der Waals surface area contributed by atoms with Gasteiger partial charge in [0.15, 0.2) is 0 Å². The molecule has 0 spiro atoms. The first-order valence-electron chi connectivity index (χ1n) is 9.35. The summed E-state index contributed by atoms with van der Waals surface area (Å²) in [6, 6.07) is 6.50. The van der Waals surface area contributed by atoms with Gasteiger partial charge in [-0.3, -0.25) is 0 Å². The second kappa shape index (κ2) is 9.14. The number of rotatable bonds is 5. The van der Waals surface area contributed by atoms with Gasteiger partial charge in [-0.15, -0.1) is 0 Å². The van der Waals surface area contributed by atoms with Gasteiger partial charge < -0.3 is 9.80 Å². The van der Waals surface area contributed by atoms with Gasteiger partial charge in [-0.1, -0.05) is 13.8 Å². The van der Waals surface area contributed by atoms with Crippen LogP contribution in [0.5, 0.6) is 0 Å². The molecule has 0 atom stereocenters. The highest BCUT2D eigenvalue weighted by atomic mass is 79.9. The molecule has 7 heteroatoms. The van der Waals surface area contributed by atoms with E-state index in [2.05, 4.69) is 80.6 Å². The number of hydrogen-bond acceptors (Lipinski definition) is 5. The molecule has 0 radical (unpaired) electrons. The maximum Gasteiger partial charge on any atom is 0.232 e. The van der Waals surface area contributed by atoms with Gasteiger partial charge in [-0.2, -0.15) is 16.7 Å². The molecule has 3 rings (SSSR count). The zero-order valence-electron chi connectivity index (χ0n) is 16.3. The molecular weight excluding hydrogens is 488 g/mol. The van der Waals surface area contributed by atoms with Gasteiger partial charge in [-0.05, 0) is 69.3 Å². The molecule has 0 unspecified atom stereocenters. The Balaban J connectivity index is 2.02. The Morgan fingerprint density at radius 2 is 1.74 bits per heavy atom. The van der Waals surface area contributed by atoms with Crippen molar-refractivity contribution in [3.63, 3.8) is 0 Å². The Labute approximate surface area is 183 Å². The van der Waals surface area contributed by atoms with E-state index in [4.69, 9.17) is 9.97 Å². The maximum atomic E-state index is 4.93. The summed E-state index contributed by atoms with van der Waals surface area (Å²) >= 11 is 9.57. The molecule has 146 valence electrons. The Morgan fingerprint density at radius 3 is 2.30 bits per heavy atom. The van der Waals surface area contributed by atoms with Crippen LogP contribution in [0.15, 0.2) is 27.1 Å². The fourth-order valence-corrected chi connectivity index (χ4v) is 5.74. The van der Waals surface area contributed by atoms with E-state index in [0.717, 1.165) is 63.2 Å². The summed E-state index contributed by atoms with van der Waals surface area (Å²) in [7, 11) is 0. The average molecular weight is 514 g/mol. The summed E-state index contributed by atoms with van der Waals surface area (Å²) in [6.07, 6.45) is 0. The van der Waals surface area contributed by atoms with Gasteiger partial charge in [-0.25, -0.2) is 4.98 Å². The standard InChI is InChI=1S/C20H26Br2N4S/c1-5-26(19-16(21)11-15(13(2)3)12-17(19)22)20-23-14(4)10-18(24-20)25-6-8-27-9-7-25/h10-13H,5-9H2,1-4H3. The highest BCUT2D eigenvalue weighted by Gasteiger charge is 2.21. The van der Waals surface area contributed by atoms with Crippen molar-refractivity contribution in [1.82, 2.24) is 9.97 Å². The second-order valence-corrected chi connectivity index (χ2v) is 9.93. The molecule has 0 amide bonds. The van der Waals surface area contributed by atoms with E-state index in [1.54, 1.807) is 0 Å². The minimum atomic E-state index is 0.473. The first-order chi connectivity index (χ1) is 12.9. The first-order valence-corrected chi connectivity index (χ1v) is 12.1. The zero-order chi connectivity index (χ0) is 19.6. The van der Waals surface area contributed by atoms with Crippen LogP contribution in [0.3, 0.4) is 0 Å². The number of anilines is 3. The van der Waals surface area contributed by atoms with Crippen LogP contribution >= 0.6 is 43.6 Å². The molecule has 1 aromatic carbocycles. The number of hydrogen-bond donors (Lipinski definition) is 0. The molecule has 1 saturated heterocycles. The Morgan fingerprint density at radius 1 is 1.11 bits per heavy atom. The van der Waals surface area contributed by atoms with Gasteiger partial charge in [0.1, 0.15) is 5.82 Å². The lowest BCUT2D eigenvalue weighted by Gasteiger charge is -2.30. The summed E-state index contributed by atoms with van der Waals surface area (Å²) < 4.78 is 2.12. The molecule has 0 bridgehead atoms. The van der Waals surface area contributed by atoms with Crippen LogP contribution in [-0.4, -0.2) is 41.1 Å². The molecule has 4 nitrogen and oxygen atoms in total. The van der Waals surface area contributed by atoms with Crippen molar-refractivity contribution in [2.45, 2.75) is 33.6 Å². The van der Waals surface area contributed by atoms with E-state index in [1.807, 2.05) is 18.7 Å². The normalized spacial score (nSPS) is 14.7. The van der Waals surface area contributed by atoms with Gasteiger partial charge >= 0.3 is 0 Å². The third-order valence-corrected chi connectivity index (χ3v) is 6.85. The maximum absolute atomic E-state index is 4.93. The van der Waals surface area contributed by atoms with Crippen LogP contribution in [0, 0.1) is 6.92 Å². The van der Waals surface area contributed by atoms with Crippen molar-refractivity contribution in [3.05, 3.63) is 38.4 Å². The summed E-state index contributed by atoms with van der Waals surface area (Å²) in [5.41, 5.74) is 3.37. The lowest BCUT2D eigenvalue weighted by atomic mass is 10.0. The van der Waals surface area contributed by atoms with E-state index in [1.165, 1.54) is 5.56 Å². The van der Waals surface area contributed by atoms with Crippen molar-refractivity contribution < 1.29 is 0 Å². The van der Waals surface area contributed by atoms with E-state index >= 15 is 0 Å². The van der Waals surface area contributed by atoms with Crippen LogP contribution < -0.4 is 9.80 Å². The fraction of sp³-hybridized carbons (Fsp3) is 0.500. The highest BCUT2D eigenvalue weighted by molar-refractivity contribution is 9.11. The van der Waals surface area contributed by atoms with E-state index in [-0.39, 0.29) is 0 Å². The molecule has 27 heavy (non-hydrogen) atoms. The Hall–Kier alpha value is -0.790. The molecule has 1 aromatic heterocycles. The summed E-state index contributed by atoms with van der Waals surface area (Å²) in [4.78, 5) is 14.2.